The van der Waals surface area contributed by atoms with Gasteiger partial charge in [0.2, 0.25) is 0 Å². The number of thiazole rings is 1. The molecule has 5 heteroatoms. The van der Waals surface area contributed by atoms with Crippen LogP contribution in [0.25, 0.3) is 0 Å². The fourth-order valence-corrected chi connectivity index (χ4v) is 2.68. The van der Waals surface area contributed by atoms with Crippen LogP contribution in [0.2, 0.25) is 0 Å². The third-order valence-electron chi connectivity index (χ3n) is 3.00. The van der Waals surface area contributed by atoms with Gasteiger partial charge in [-0.1, -0.05) is 12.1 Å². The smallest absolute Gasteiger partial charge is 0.189 e. The maximum absolute atomic E-state index is 5.00. The monoisotopic (exact) mass is 291 g/mol. The van der Waals surface area contributed by atoms with Gasteiger partial charge in [0, 0.05) is 38.3 Å². The molecule has 4 nitrogen and oxygen atoms in total. The van der Waals surface area contributed by atoms with Gasteiger partial charge in [0.25, 0.3) is 0 Å². The number of hydrogen-bond acceptors (Lipinski definition) is 5. The fraction of sp³-hybridized carbons (Fsp3) is 0.400. The lowest BCUT2D eigenvalue weighted by molar-refractivity contribution is 0.199. The number of aromatic nitrogens is 1. The van der Waals surface area contributed by atoms with E-state index >= 15 is 0 Å². The zero-order valence-electron chi connectivity index (χ0n) is 12.2. The molecule has 1 aromatic heterocycles. The summed E-state index contributed by atoms with van der Waals surface area (Å²) in [5.74, 6) is 0. The molecule has 0 atom stereocenters. The summed E-state index contributed by atoms with van der Waals surface area (Å²) in [6, 6.07) is 8.44. The molecule has 1 N–H and O–H groups in total. The summed E-state index contributed by atoms with van der Waals surface area (Å²) in [5.41, 5.74) is 3.49. The van der Waals surface area contributed by atoms with Crippen LogP contribution < -0.4 is 10.2 Å². The van der Waals surface area contributed by atoms with Gasteiger partial charge in [-0.05, 0) is 24.6 Å². The second kappa shape index (κ2) is 7.38. The van der Waals surface area contributed by atoms with Gasteiger partial charge in [-0.25, -0.2) is 4.98 Å². The summed E-state index contributed by atoms with van der Waals surface area (Å²) in [7, 11) is 3.76. The minimum atomic E-state index is 0.722. The number of aryl methyl sites for hydroxylation is 1. The number of nitrogens with zero attached hydrogens (tertiary/aromatic N) is 2. The molecule has 0 aliphatic carbocycles. The van der Waals surface area contributed by atoms with Crippen molar-refractivity contribution in [3.8, 4) is 0 Å². The Morgan fingerprint density at radius 2 is 2.25 bits per heavy atom. The van der Waals surface area contributed by atoms with Gasteiger partial charge < -0.3 is 15.0 Å². The molecule has 0 saturated carbocycles. The molecule has 2 aromatic rings. The first-order valence-corrected chi connectivity index (χ1v) is 7.53. The van der Waals surface area contributed by atoms with Gasteiger partial charge in [0.1, 0.15) is 0 Å². The van der Waals surface area contributed by atoms with Crippen molar-refractivity contribution in [1.82, 2.24) is 10.3 Å². The van der Waals surface area contributed by atoms with E-state index in [4.69, 9.17) is 4.74 Å². The van der Waals surface area contributed by atoms with E-state index in [-0.39, 0.29) is 0 Å². The molecular weight excluding hydrogens is 270 g/mol. The van der Waals surface area contributed by atoms with Crippen LogP contribution in [0, 0.1) is 6.92 Å². The Hall–Kier alpha value is -1.43. The van der Waals surface area contributed by atoms with Gasteiger partial charge in [0.15, 0.2) is 5.13 Å². The molecule has 20 heavy (non-hydrogen) atoms. The molecule has 1 heterocycles. The van der Waals surface area contributed by atoms with Crippen molar-refractivity contribution in [2.45, 2.75) is 13.5 Å². The summed E-state index contributed by atoms with van der Waals surface area (Å²) in [6.07, 6.45) is 0. The Balaban J connectivity index is 1.97. The van der Waals surface area contributed by atoms with Crippen LogP contribution in [-0.4, -0.2) is 32.3 Å². The van der Waals surface area contributed by atoms with Gasteiger partial charge in [-0.2, -0.15) is 0 Å². The van der Waals surface area contributed by atoms with E-state index in [9.17, 15) is 0 Å². The van der Waals surface area contributed by atoms with Crippen molar-refractivity contribution in [2.75, 3.05) is 32.2 Å². The summed E-state index contributed by atoms with van der Waals surface area (Å²) in [4.78, 5) is 6.78. The maximum atomic E-state index is 5.00. The minimum Gasteiger partial charge on any atom is -0.383 e. The van der Waals surface area contributed by atoms with Crippen molar-refractivity contribution < 1.29 is 4.74 Å². The third-order valence-corrected chi connectivity index (χ3v) is 3.97. The van der Waals surface area contributed by atoms with Crippen molar-refractivity contribution in [2.24, 2.45) is 0 Å². The highest BCUT2D eigenvalue weighted by atomic mass is 32.1. The van der Waals surface area contributed by atoms with E-state index < -0.39 is 0 Å². The molecule has 0 unspecified atom stereocenters. The van der Waals surface area contributed by atoms with Crippen molar-refractivity contribution >= 4 is 22.2 Å². The van der Waals surface area contributed by atoms with E-state index in [1.165, 1.54) is 11.3 Å². The van der Waals surface area contributed by atoms with E-state index in [1.807, 2.05) is 0 Å². The fourth-order valence-electron chi connectivity index (χ4n) is 1.87. The quantitative estimate of drug-likeness (QED) is 0.796. The molecule has 108 valence electrons. The molecular formula is C15H21N3OS. The largest absolute Gasteiger partial charge is 0.383 e. The average Bonchev–Trinajstić information content (AvgIpc) is 2.91. The first-order chi connectivity index (χ1) is 9.70. The Kier molecular flexibility index (Phi) is 5.52. The number of nitrogens with one attached hydrogen (secondary N) is 1. The Labute approximate surface area is 124 Å². The lowest BCUT2D eigenvalue weighted by Gasteiger charge is -2.16. The van der Waals surface area contributed by atoms with Crippen LogP contribution in [0.3, 0.4) is 0 Å². The minimum absolute atomic E-state index is 0.722. The number of methoxy groups -OCH3 is 1. The second-order valence-corrected chi connectivity index (χ2v) is 5.53. The molecule has 0 fully saturated rings. The van der Waals surface area contributed by atoms with Crippen molar-refractivity contribution in [3.05, 3.63) is 40.9 Å². The molecule has 0 bridgehead atoms. The van der Waals surface area contributed by atoms with Gasteiger partial charge >= 0.3 is 0 Å². The van der Waals surface area contributed by atoms with Crippen molar-refractivity contribution in [1.29, 1.82) is 0 Å². The van der Waals surface area contributed by atoms with Crippen LogP contribution in [-0.2, 0) is 11.3 Å². The average molecular weight is 291 g/mol. The molecule has 0 saturated heterocycles. The van der Waals surface area contributed by atoms with Crippen LogP contribution in [0.5, 0.6) is 0 Å². The van der Waals surface area contributed by atoms with Gasteiger partial charge in [-0.3, -0.25) is 0 Å². The molecule has 0 spiro atoms. The number of rotatable bonds is 7. The van der Waals surface area contributed by atoms with E-state index in [2.05, 4.69) is 58.8 Å². The highest BCUT2D eigenvalue weighted by Gasteiger charge is 2.08. The predicted octanol–water partition coefficient (Wildman–Crippen LogP) is 2.96. The molecule has 2 rings (SSSR count). The number of ether oxygens (including phenoxy) is 1. The van der Waals surface area contributed by atoms with E-state index in [0.717, 1.165) is 30.5 Å². The molecule has 0 radical (unpaired) electrons. The standard InChI is InChI=1S/C15H21N3OS/c1-12-5-4-6-14(9-12)18(2)15-17-13(11-20-15)10-16-7-8-19-3/h4-6,9,11,16H,7-8,10H2,1-3H3. The van der Waals surface area contributed by atoms with Crippen LogP contribution in [0.4, 0.5) is 10.8 Å². The normalized spacial score (nSPS) is 10.8. The van der Waals surface area contributed by atoms with Crippen molar-refractivity contribution in [3.63, 3.8) is 0 Å². The summed E-state index contributed by atoms with van der Waals surface area (Å²) in [5, 5.41) is 6.42. The van der Waals surface area contributed by atoms with E-state index in [1.54, 1.807) is 18.4 Å². The topological polar surface area (TPSA) is 37.4 Å². The highest BCUT2D eigenvalue weighted by Crippen LogP contribution is 2.27. The van der Waals surface area contributed by atoms with Crippen LogP contribution in [0.15, 0.2) is 29.6 Å². The van der Waals surface area contributed by atoms with Gasteiger partial charge in [0.05, 0.1) is 12.3 Å². The third kappa shape index (κ3) is 4.03. The zero-order chi connectivity index (χ0) is 14.4. The summed E-state index contributed by atoms with van der Waals surface area (Å²) in [6.45, 7) is 4.45. The number of anilines is 2. The second-order valence-electron chi connectivity index (χ2n) is 4.69. The summed E-state index contributed by atoms with van der Waals surface area (Å²) < 4.78 is 5.00. The first kappa shape index (κ1) is 15.0. The van der Waals surface area contributed by atoms with Gasteiger partial charge in [-0.15, -0.1) is 11.3 Å². The van der Waals surface area contributed by atoms with Crippen LogP contribution >= 0.6 is 11.3 Å². The molecule has 1 aromatic carbocycles. The maximum Gasteiger partial charge on any atom is 0.189 e. The Morgan fingerprint density at radius 1 is 1.40 bits per heavy atom. The predicted molar refractivity (Wildman–Crippen MR) is 84.9 cm³/mol. The number of benzene rings is 1. The molecule has 0 aliphatic rings. The van der Waals surface area contributed by atoms with Crippen LogP contribution in [0.1, 0.15) is 11.3 Å². The molecule has 0 amide bonds. The summed E-state index contributed by atoms with van der Waals surface area (Å²) >= 11 is 1.67. The Bertz CT molecular complexity index is 541. The highest BCUT2D eigenvalue weighted by molar-refractivity contribution is 7.13. The van der Waals surface area contributed by atoms with E-state index in [0.29, 0.717) is 0 Å². The Morgan fingerprint density at radius 3 is 3.00 bits per heavy atom. The lowest BCUT2D eigenvalue weighted by Crippen LogP contribution is -2.18. The molecule has 0 aliphatic heterocycles. The zero-order valence-corrected chi connectivity index (χ0v) is 13.0. The first-order valence-electron chi connectivity index (χ1n) is 6.65. The number of hydrogen-bond donors (Lipinski definition) is 1. The lowest BCUT2D eigenvalue weighted by atomic mass is 10.2. The SMILES string of the molecule is COCCNCc1csc(N(C)c2cccc(C)c2)n1.